The maximum absolute atomic E-state index is 9.55. The zero-order chi connectivity index (χ0) is 20.0. The van der Waals surface area contributed by atoms with Crippen LogP contribution in [-0.4, -0.2) is 38.4 Å². The minimum atomic E-state index is 0. The summed E-state index contributed by atoms with van der Waals surface area (Å²) in [5.74, 6) is 1.68. The predicted molar refractivity (Wildman–Crippen MR) is 128 cm³/mol. The Hall–Kier alpha value is -0.897. The SMILES string of the molecule is CC(C)c1ccc(O)c(N(C)C)c1.CC(C)c1ccc(O)c(N(C)C)c1.Cl.Cl.[Zr]. The summed E-state index contributed by atoms with van der Waals surface area (Å²) in [5, 5.41) is 19.1. The molecule has 0 spiro atoms. The molecule has 0 amide bonds. The van der Waals surface area contributed by atoms with Gasteiger partial charge in [-0.2, -0.15) is 0 Å². The molecule has 4 nitrogen and oxygen atoms in total. The van der Waals surface area contributed by atoms with Gasteiger partial charge in [0.2, 0.25) is 0 Å². The summed E-state index contributed by atoms with van der Waals surface area (Å²) >= 11 is 0. The summed E-state index contributed by atoms with van der Waals surface area (Å²) in [4.78, 5) is 3.84. The molecule has 2 aromatic rings. The van der Waals surface area contributed by atoms with E-state index in [1.54, 1.807) is 12.1 Å². The van der Waals surface area contributed by atoms with E-state index in [0.29, 0.717) is 23.3 Å². The molecule has 0 aliphatic carbocycles. The van der Waals surface area contributed by atoms with Crippen LogP contribution < -0.4 is 9.80 Å². The van der Waals surface area contributed by atoms with Crippen LogP contribution in [0.2, 0.25) is 0 Å². The molecule has 29 heavy (non-hydrogen) atoms. The number of hydrogen-bond donors (Lipinski definition) is 2. The number of benzene rings is 2. The molecule has 0 unspecified atom stereocenters. The third-order valence-electron chi connectivity index (χ3n) is 4.30. The first kappa shape index (κ1) is 32.8. The van der Waals surface area contributed by atoms with Gasteiger partial charge in [-0.1, -0.05) is 39.8 Å². The van der Waals surface area contributed by atoms with Crippen LogP contribution in [0.15, 0.2) is 36.4 Å². The molecule has 7 heteroatoms. The van der Waals surface area contributed by atoms with Crippen LogP contribution in [0.3, 0.4) is 0 Å². The molecule has 0 saturated carbocycles. The molecule has 0 saturated heterocycles. The maximum Gasteiger partial charge on any atom is 0.138 e. The number of anilines is 2. The average molecular weight is 523 g/mol. The number of nitrogens with zero attached hydrogens (tertiary/aromatic N) is 2. The standard InChI is InChI=1S/2C11H17NO.2ClH.Zr/c2*1-8(2)9-5-6-11(13)10(7-9)12(3)4;;;/h2*5-8,13H,1-4H3;2*1H;. The Morgan fingerprint density at radius 2 is 0.897 bits per heavy atom. The molecule has 0 bridgehead atoms. The van der Waals surface area contributed by atoms with Crippen molar-refractivity contribution in [1.82, 2.24) is 0 Å². The van der Waals surface area contributed by atoms with Crippen molar-refractivity contribution in [2.75, 3.05) is 38.0 Å². The molecule has 0 aromatic heterocycles. The number of phenolic OH excluding ortho intramolecular Hbond substituents is 2. The normalized spacial score (nSPS) is 9.45. The molecule has 0 heterocycles. The topological polar surface area (TPSA) is 46.9 Å². The fraction of sp³-hybridized carbons (Fsp3) is 0.455. The summed E-state index contributed by atoms with van der Waals surface area (Å²) in [5.41, 5.74) is 4.26. The van der Waals surface area contributed by atoms with E-state index < -0.39 is 0 Å². The first-order valence-electron chi connectivity index (χ1n) is 9.05. The number of phenols is 2. The minimum Gasteiger partial charge on any atom is -0.506 e. The van der Waals surface area contributed by atoms with Gasteiger partial charge in [-0.25, -0.2) is 0 Å². The minimum absolute atomic E-state index is 0. The maximum atomic E-state index is 9.55. The van der Waals surface area contributed by atoms with Crippen molar-refractivity contribution < 1.29 is 36.4 Å². The van der Waals surface area contributed by atoms with E-state index in [2.05, 4.69) is 27.7 Å². The summed E-state index contributed by atoms with van der Waals surface area (Å²) in [6.07, 6.45) is 0. The van der Waals surface area contributed by atoms with Crippen LogP contribution in [-0.2, 0) is 26.2 Å². The van der Waals surface area contributed by atoms with Gasteiger partial charge in [-0.3, -0.25) is 0 Å². The zero-order valence-electron chi connectivity index (χ0n) is 18.7. The molecule has 0 aliphatic heterocycles. The van der Waals surface area contributed by atoms with Gasteiger partial charge < -0.3 is 20.0 Å². The van der Waals surface area contributed by atoms with E-state index in [0.717, 1.165) is 11.4 Å². The van der Waals surface area contributed by atoms with Gasteiger partial charge in [-0.05, 0) is 47.2 Å². The van der Waals surface area contributed by atoms with E-state index >= 15 is 0 Å². The molecule has 0 radical (unpaired) electrons. The Morgan fingerprint density at radius 1 is 0.621 bits per heavy atom. The third kappa shape index (κ3) is 10.1. The Morgan fingerprint density at radius 3 is 1.10 bits per heavy atom. The fourth-order valence-electron chi connectivity index (χ4n) is 2.52. The van der Waals surface area contributed by atoms with Crippen LogP contribution in [0.1, 0.15) is 50.7 Å². The van der Waals surface area contributed by atoms with Crippen molar-refractivity contribution in [2.24, 2.45) is 0 Å². The van der Waals surface area contributed by atoms with Crippen molar-refractivity contribution >= 4 is 36.2 Å². The first-order chi connectivity index (χ1) is 12.0. The first-order valence-corrected chi connectivity index (χ1v) is 9.05. The van der Waals surface area contributed by atoms with Crippen molar-refractivity contribution in [1.29, 1.82) is 0 Å². The van der Waals surface area contributed by atoms with Gasteiger partial charge >= 0.3 is 0 Å². The van der Waals surface area contributed by atoms with Gasteiger partial charge in [0.05, 0.1) is 11.4 Å². The van der Waals surface area contributed by atoms with Crippen molar-refractivity contribution in [3.63, 3.8) is 0 Å². The Balaban J connectivity index is -0.000000422. The second kappa shape index (κ2) is 15.0. The Kier molecular flexibility index (Phi) is 16.9. The van der Waals surface area contributed by atoms with Crippen LogP contribution in [0.5, 0.6) is 11.5 Å². The van der Waals surface area contributed by atoms with Crippen molar-refractivity contribution in [2.45, 2.75) is 39.5 Å². The molecule has 2 N–H and O–H groups in total. The number of hydrogen-bond acceptors (Lipinski definition) is 4. The molecular weight excluding hydrogens is 486 g/mol. The summed E-state index contributed by atoms with van der Waals surface area (Å²) in [6, 6.07) is 11.5. The second-order valence-corrected chi connectivity index (χ2v) is 7.59. The van der Waals surface area contributed by atoms with Gasteiger partial charge in [0.1, 0.15) is 11.5 Å². The molecule has 2 rings (SSSR count). The second-order valence-electron chi connectivity index (χ2n) is 7.59. The Labute approximate surface area is 208 Å². The van der Waals surface area contributed by atoms with E-state index in [4.69, 9.17) is 0 Å². The summed E-state index contributed by atoms with van der Waals surface area (Å²) in [6.45, 7) is 8.58. The van der Waals surface area contributed by atoms with Crippen LogP contribution in [0.25, 0.3) is 0 Å². The fourth-order valence-corrected chi connectivity index (χ4v) is 2.52. The van der Waals surface area contributed by atoms with Crippen molar-refractivity contribution in [3.8, 4) is 11.5 Å². The number of aromatic hydroxyl groups is 2. The number of rotatable bonds is 4. The average Bonchev–Trinajstić information content (AvgIpc) is 2.55. The van der Waals surface area contributed by atoms with Gasteiger partial charge in [0.15, 0.2) is 0 Å². The molecule has 0 atom stereocenters. The molecule has 0 fully saturated rings. The zero-order valence-corrected chi connectivity index (χ0v) is 22.8. The van der Waals surface area contributed by atoms with Crippen LogP contribution in [0, 0.1) is 0 Å². The van der Waals surface area contributed by atoms with E-state index in [1.165, 1.54) is 11.1 Å². The summed E-state index contributed by atoms with van der Waals surface area (Å²) < 4.78 is 0. The number of halogens is 2. The smallest absolute Gasteiger partial charge is 0.138 e. The monoisotopic (exact) mass is 520 g/mol. The molecule has 0 aliphatic rings. The van der Waals surface area contributed by atoms with Crippen LogP contribution in [0.4, 0.5) is 11.4 Å². The van der Waals surface area contributed by atoms with E-state index in [1.807, 2.05) is 62.3 Å². The van der Waals surface area contributed by atoms with Crippen molar-refractivity contribution in [3.05, 3.63) is 47.5 Å². The largest absolute Gasteiger partial charge is 0.506 e. The van der Waals surface area contributed by atoms with Gasteiger partial charge in [0, 0.05) is 54.4 Å². The molecular formula is C22H36Cl2N2O2Zr. The summed E-state index contributed by atoms with van der Waals surface area (Å²) in [7, 11) is 7.72. The molecule has 2 aromatic carbocycles. The van der Waals surface area contributed by atoms with E-state index in [-0.39, 0.29) is 51.0 Å². The van der Waals surface area contributed by atoms with Gasteiger partial charge in [-0.15, -0.1) is 24.8 Å². The quantitative estimate of drug-likeness (QED) is 0.517. The Bertz CT molecular complexity index is 662. The van der Waals surface area contributed by atoms with Gasteiger partial charge in [0.25, 0.3) is 0 Å². The predicted octanol–water partition coefficient (Wildman–Crippen LogP) is 6.00. The molecule has 164 valence electrons. The third-order valence-corrected chi connectivity index (χ3v) is 4.30. The van der Waals surface area contributed by atoms with E-state index in [9.17, 15) is 10.2 Å². The van der Waals surface area contributed by atoms with Crippen LogP contribution >= 0.6 is 24.8 Å².